The molecule has 4 heterocycles. The lowest BCUT2D eigenvalue weighted by molar-refractivity contribution is -0.137. The number of carbonyl (C=O) groups is 2. The van der Waals surface area contributed by atoms with Crippen LogP contribution in [0.15, 0.2) is 42.7 Å². The molecule has 2 fully saturated rings. The van der Waals surface area contributed by atoms with Crippen molar-refractivity contribution in [2.24, 2.45) is 5.92 Å². The van der Waals surface area contributed by atoms with Crippen molar-refractivity contribution < 1.29 is 9.59 Å². The molecule has 5 rings (SSSR count). The van der Waals surface area contributed by atoms with Gasteiger partial charge in [-0.15, -0.1) is 0 Å². The monoisotopic (exact) mass is 434 g/mol. The molecule has 0 radical (unpaired) electrons. The van der Waals surface area contributed by atoms with Crippen LogP contribution in [-0.4, -0.2) is 83.9 Å². The van der Waals surface area contributed by atoms with Crippen molar-refractivity contribution in [3.8, 4) is 0 Å². The predicted octanol–water partition coefficient (Wildman–Crippen LogP) is 1.43. The van der Waals surface area contributed by atoms with E-state index in [0.717, 1.165) is 51.1 Å². The lowest BCUT2D eigenvalue weighted by Gasteiger charge is -2.39. The van der Waals surface area contributed by atoms with Crippen LogP contribution in [0.3, 0.4) is 0 Å². The minimum absolute atomic E-state index is 0.0122. The molecule has 1 aromatic carbocycles. The van der Waals surface area contributed by atoms with Gasteiger partial charge >= 0.3 is 0 Å². The first-order chi connectivity index (χ1) is 15.7. The van der Waals surface area contributed by atoms with Gasteiger partial charge in [-0.1, -0.05) is 18.2 Å². The van der Waals surface area contributed by atoms with Crippen molar-refractivity contribution >= 4 is 23.5 Å². The van der Waals surface area contributed by atoms with Gasteiger partial charge in [0.15, 0.2) is 0 Å². The average molecular weight is 435 g/mol. The van der Waals surface area contributed by atoms with Crippen molar-refractivity contribution in [1.82, 2.24) is 19.8 Å². The highest BCUT2D eigenvalue weighted by molar-refractivity contribution is 5.96. The first-order valence-electron chi connectivity index (χ1n) is 11.6. The zero-order chi connectivity index (χ0) is 21.9. The predicted molar refractivity (Wildman–Crippen MR) is 122 cm³/mol. The van der Waals surface area contributed by atoms with Gasteiger partial charge in [0, 0.05) is 63.9 Å². The van der Waals surface area contributed by atoms with Crippen LogP contribution in [0.1, 0.15) is 18.4 Å². The van der Waals surface area contributed by atoms with Crippen molar-refractivity contribution in [3.63, 3.8) is 0 Å². The third-order valence-electron chi connectivity index (χ3n) is 6.84. The standard InChI is InChI=1S/C24H30N6O2/c31-22(30-12-8-19-5-1-2-7-21(19)30)18-27-13-15-28(16-14-27)23(32)20-6-3-11-29(17-20)24-25-9-4-10-26-24/h1-2,4-5,7,9-10,20H,3,6,8,11-18H2. The highest BCUT2D eigenvalue weighted by atomic mass is 16.2. The molecule has 3 aliphatic rings. The van der Waals surface area contributed by atoms with Gasteiger partial charge in [0.2, 0.25) is 17.8 Å². The summed E-state index contributed by atoms with van der Waals surface area (Å²) in [5, 5.41) is 0. The Kier molecular flexibility index (Phi) is 6.03. The van der Waals surface area contributed by atoms with Gasteiger partial charge in [-0.25, -0.2) is 9.97 Å². The third kappa shape index (κ3) is 4.32. The van der Waals surface area contributed by atoms with E-state index in [1.54, 1.807) is 12.4 Å². The van der Waals surface area contributed by atoms with Crippen LogP contribution in [0.2, 0.25) is 0 Å². The fraction of sp³-hybridized carbons (Fsp3) is 0.500. The first kappa shape index (κ1) is 20.9. The van der Waals surface area contributed by atoms with Gasteiger partial charge < -0.3 is 14.7 Å². The number of rotatable bonds is 4. The highest BCUT2D eigenvalue weighted by Crippen LogP contribution is 2.27. The van der Waals surface area contributed by atoms with Crippen LogP contribution in [0, 0.1) is 5.92 Å². The normalized spacial score (nSPS) is 21.5. The number of piperidine rings is 1. The molecule has 1 unspecified atom stereocenters. The molecule has 0 N–H and O–H groups in total. The third-order valence-corrected chi connectivity index (χ3v) is 6.84. The summed E-state index contributed by atoms with van der Waals surface area (Å²) in [5.41, 5.74) is 2.30. The van der Waals surface area contributed by atoms with Gasteiger partial charge in [-0.05, 0) is 37.0 Å². The fourth-order valence-corrected chi connectivity index (χ4v) is 5.07. The van der Waals surface area contributed by atoms with Crippen LogP contribution in [0.4, 0.5) is 11.6 Å². The Morgan fingerprint density at radius 1 is 0.938 bits per heavy atom. The second-order valence-corrected chi connectivity index (χ2v) is 8.86. The maximum atomic E-state index is 13.2. The van der Waals surface area contributed by atoms with Crippen molar-refractivity contribution in [3.05, 3.63) is 48.3 Å². The second kappa shape index (κ2) is 9.24. The minimum Gasteiger partial charge on any atom is -0.340 e. The van der Waals surface area contributed by atoms with E-state index < -0.39 is 0 Å². The van der Waals surface area contributed by atoms with Gasteiger partial charge in [0.1, 0.15) is 0 Å². The number of hydrogen-bond donors (Lipinski definition) is 0. The molecule has 1 aromatic heterocycles. The zero-order valence-electron chi connectivity index (χ0n) is 18.4. The maximum Gasteiger partial charge on any atom is 0.241 e. The number of anilines is 2. The summed E-state index contributed by atoms with van der Waals surface area (Å²) in [6.45, 7) is 5.59. The lowest BCUT2D eigenvalue weighted by Crippen LogP contribution is -2.54. The van der Waals surface area contributed by atoms with E-state index in [9.17, 15) is 9.59 Å². The quantitative estimate of drug-likeness (QED) is 0.725. The highest BCUT2D eigenvalue weighted by Gasteiger charge is 2.33. The molecule has 0 saturated carbocycles. The molecule has 2 saturated heterocycles. The number of hydrogen-bond acceptors (Lipinski definition) is 6. The number of benzene rings is 1. The molecule has 2 aromatic rings. The summed E-state index contributed by atoms with van der Waals surface area (Å²) in [7, 11) is 0. The maximum absolute atomic E-state index is 13.2. The Morgan fingerprint density at radius 2 is 1.72 bits per heavy atom. The number of amides is 2. The van der Waals surface area contributed by atoms with E-state index in [4.69, 9.17) is 0 Å². The van der Waals surface area contributed by atoms with Crippen LogP contribution < -0.4 is 9.80 Å². The molecule has 8 heteroatoms. The van der Waals surface area contributed by atoms with E-state index in [2.05, 4.69) is 25.8 Å². The van der Waals surface area contributed by atoms with Crippen LogP contribution in [0.5, 0.6) is 0 Å². The van der Waals surface area contributed by atoms with Gasteiger partial charge in [0.05, 0.1) is 12.5 Å². The Balaban J connectivity index is 1.12. The molecule has 1 atom stereocenters. The van der Waals surface area contributed by atoms with Gasteiger partial charge in [-0.3, -0.25) is 14.5 Å². The summed E-state index contributed by atoms with van der Waals surface area (Å²) >= 11 is 0. The molecular formula is C24H30N6O2. The lowest BCUT2D eigenvalue weighted by atomic mass is 9.96. The molecule has 0 spiro atoms. The SMILES string of the molecule is O=C(C1CCCN(c2ncccn2)C1)N1CCN(CC(=O)N2CCc3ccccc32)CC1. The smallest absolute Gasteiger partial charge is 0.241 e. The van der Waals surface area contributed by atoms with Crippen molar-refractivity contribution in [2.45, 2.75) is 19.3 Å². The second-order valence-electron chi connectivity index (χ2n) is 8.86. The van der Waals surface area contributed by atoms with E-state index in [0.29, 0.717) is 32.1 Å². The first-order valence-corrected chi connectivity index (χ1v) is 11.6. The van der Waals surface area contributed by atoms with E-state index in [-0.39, 0.29) is 17.7 Å². The largest absolute Gasteiger partial charge is 0.340 e. The van der Waals surface area contributed by atoms with Crippen LogP contribution in [-0.2, 0) is 16.0 Å². The van der Waals surface area contributed by atoms with Crippen molar-refractivity contribution in [1.29, 1.82) is 0 Å². The van der Waals surface area contributed by atoms with Crippen LogP contribution in [0.25, 0.3) is 0 Å². The molecule has 168 valence electrons. The van der Waals surface area contributed by atoms with E-state index in [1.165, 1.54) is 5.56 Å². The number of para-hydroxylation sites is 1. The minimum atomic E-state index is -0.0122. The van der Waals surface area contributed by atoms with Gasteiger partial charge in [0.25, 0.3) is 0 Å². The summed E-state index contributed by atoms with van der Waals surface area (Å²) < 4.78 is 0. The van der Waals surface area contributed by atoms with Gasteiger partial charge in [-0.2, -0.15) is 0 Å². The van der Waals surface area contributed by atoms with Crippen molar-refractivity contribution in [2.75, 3.05) is 62.2 Å². The topological polar surface area (TPSA) is 72.9 Å². The number of aromatic nitrogens is 2. The number of carbonyl (C=O) groups excluding carboxylic acids is 2. The Hall–Kier alpha value is -3.00. The number of nitrogens with zero attached hydrogens (tertiary/aromatic N) is 6. The van der Waals surface area contributed by atoms with E-state index >= 15 is 0 Å². The Bertz CT molecular complexity index is 960. The molecule has 0 aliphatic carbocycles. The summed E-state index contributed by atoms with van der Waals surface area (Å²) in [4.78, 5) is 42.9. The van der Waals surface area contributed by atoms with Crippen LogP contribution >= 0.6 is 0 Å². The molecular weight excluding hydrogens is 404 g/mol. The average Bonchev–Trinajstić information content (AvgIpc) is 3.29. The molecule has 8 nitrogen and oxygen atoms in total. The summed E-state index contributed by atoms with van der Waals surface area (Å²) in [6, 6.07) is 9.96. The fourth-order valence-electron chi connectivity index (χ4n) is 5.07. The molecule has 32 heavy (non-hydrogen) atoms. The molecule has 0 bridgehead atoms. The number of piperazine rings is 1. The molecule has 3 aliphatic heterocycles. The summed E-state index contributed by atoms with van der Waals surface area (Å²) in [5.74, 6) is 1.07. The summed E-state index contributed by atoms with van der Waals surface area (Å²) in [6.07, 6.45) is 6.30. The zero-order valence-corrected chi connectivity index (χ0v) is 18.4. The number of fused-ring (bicyclic) bond motifs is 1. The van der Waals surface area contributed by atoms with E-state index in [1.807, 2.05) is 34.1 Å². The Labute approximate surface area is 188 Å². The molecule has 2 amide bonds. The Morgan fingerprint density at radius 3 is 2.53 bits per heavy atom.